The van der Waals surface area contributed by atoms with Crippen molar-refractivity contribution in [3.63, 3.8) is 0 Å². The fourth-order valence-corrected chi connectivity index (χ4v) is 3.30. The normalized spacial score (nSPS) is 16.8. The van der Waals surface area contributed by atoms with Crippen molar-refractivity contribution in [3.05, 3.63) is 65.0 Å². The Hall–Kier alpha value is -2.09. The number of hydrogen-bond donors (Lipinski definition) is 1. The molecule has 0 aromatic heterocycles. The maximum Gasteiger partial charge on any atom is 0.227 e. The fourth-order valence-electron chi connectivity index (χ4n) is 2.60. The van der Waals surface area contributed by atoms with Gasteiger partial charge in [0.05, 0.1) is 19.8 Å². The molecule has 2 N–H and O–H groups in total. The molecule has 0 bridgehead atoms. The van der Waals surface area contributed by atoms with Crippen molar-refractivity contribution in [2.45, 2.75) is 18.6 Å². The van der Waals surface area contributed by atoms with E-state index in [2.05, 4.69) is 4.99 Å². The molecule has 0 aliphatic carbocycles. The molecule has 1 aliphatic heterocycles. The van der Waals surface area contributed by atoms with Gasteiger partial charge in [0.25, 0.3) is 0 Å². The molecule has 26 heavy (non-hydrogen) atoms. The number of aliphatic imine (C=N–C) groups is 1. The minimum Gasteiger partial charge on any atom is -0.460 e. The number of hydrogen-bond acceptors (Lipinski definition) is 5. The molecule has 2 aromatic carbocycles. The predicted molar refractivity (Wildman–Crippen MR) is 101 cm³/mol. The van der Waals surface area contributed by atoms with Crippen LogP contribution < -0.4 is 10.5 Å². The summed E-state index contributed by atoms with van der Waals surface area (Å²) in [5, 5.41) is 0.437. The molecule has 1 heterocycles. The van der Waals surface area contributed by atoms with Gasteiger partial charge in [-0.2, -0.15) is 0 Å². The Balaban J connectivity index is 1.75. The molecular formula is C19H21FN2O3S. The van der Waals surface area contributed by atoms with Crippen LogP contribution in [0.1, 0.15) is 23.0 Å². The number of nitrogens with zero attached hydrogens (tertiary/aromatic N) is 1. The van der Waals surface area contributed by atoms with Crippen LogP contribution in [0.5, 0.6) is 5.75 Å². The minimum absolute atomic E-state index is 0.293. The lowest BCUT2D eigenvalue weighted by molar-refractivity contribution is -0.112. The number of rotatable bonds is 6. The lowest BCUT2D eigenvalue weighted by Gasteiger charge is -2.28. The molecule has 5 nitrogen and oxygen atoms in total. The zero-order chi connectivity index (χ0) is 18.4. The van der Waals surface area contributed by atoms with E-state index in [9.17, 15) is 4.39 Å². The van der Waals surface area contributed by atoms with Crippen molar-refractivity contribution in [2.24, 2.45) is 10.7 Å². The second-order valence-corrected chi connectivity index (χ2v) is 6.72. The average Bonchev–Trinajstić information content (AvgIpc) is 2.66. The number of thioether (sulfide) groups is 1. The summed E-state index contributed by atoms with van der Waals surface area (Å²) < 4.78 is 30.7. The molecule has 3 rings (SSSR count). The van der Waals surface area contributed by atoms with Gasteiger partial charge in [-0.3, -0.25) is 4.99 Å². The van der Waals surface area contributed by atoms with Crippen LogP contribution in [0.2, 0.25) is 0 Å². The number of nitrogens with two attached hydrogens (primary N) is 1. The number of benzene rings is 2. The van der Waals surface area contributed by atoms with E-state index in [1.165, 1.54) is 23.9 Å². The SMILES string of the molecule is COCCN=C(N)SCc1cc(F)cc2c1O[C@H](c1ccccc1)OC2. The second kappa shape index (κ2) is 9.02. The van der Waals surface area contributed by atoms with Crippen LogP contribution in [0, 0.1) is 5.82 Å². The highest BCUT2D eigenvalue weighted by molar-refractivity contribution is 8.13. The van der Waals surface area contributed by atoms with Crippen molar-refractivity contribution in [3.8, 4) is 5.75 Å². The summed E-state index contributed by atoms with van der Waals surface area (Å²) in [4.78, 5) is 4.20. The van der Waals surface area contributed by atoms with Crippen LogP contribution in [0.3, 0.4) is 0 Å². The zero-order valence-electron chi connectivity index (χ0n) is 14.5. The zero-order valence-corrected chi connectivity index (χ0v) is 15.3. The lowest BCUT2D eigenvalue weighted by atomic mass is 10.1. The topological polar surface area (TPSA) is 66.1 Å². The lowest BCUT2D eigenvalue weighted by Crippen LogP contribution is -2.19. The standard InChI is InChI=1S/C19H21FN2O3S/c1-23-8-7-22-19(21)26-12-15-10-16(20)9-14-11-24-18(25-17(14)15)13-5-3-2-4-6-13/h2-6,9-10,18H,7-8,11-12H2,1H3,(H2,21,22)/t18-/m1/s1. The van der Waals surface area contributed by atoms with E-state index in [0.29, 0.717) is 42.0 Å². The van der Waals surface area contributed by atoms with E-state index < -0.39 is 6.29 Å². The monoisotopic (exact) mass is 376 g/mol. The van der Waals surface area contributed by atoms with Crippen LogP contribution in [-0.4, -0.2) is 25.4 Å². The van der Waals surface area contributed by atoms with Crippen molar-refractivity contribution < 1.29 is 18.6 Å². The molecule has 0 spiro atoms. The fraction of sp³-hybridized carbons (Fsp3) is 0.316. The highest BCUT2D eigenvalue weighted by atomic mass is 32.2. The summed E-state index contributed by atoms with van der Waals surface area (Å²) >= 11 is 1.34. The van der Waals surface area contributed by atoms with Crippen LogP contribution in [0.25, 0.3) is 0 Å². The maximum atomic E-state index is 13.9. The minimum atomic E-state index is -0.509. The van der Waals surface area contributed by atoms with Gasteiger partial charge in [0, 0.05) is 29.6 Å². The van der Waals surface area contributed by atoms with Crippen LogP contribution >= 0.6 is 11.8 Å². The van der Waals surface area contributed by atoms with Gasteiger partial charge >= 0.3 is 0 Å². The van der Waals surface area contributed by atoms with Gasteiger partial charge in [0.2, 0.25) is 6.29 Å². The largest absolute Gasteiger partial charge is 0.460 e. The van der Waals surface area contributed by atoms with E-state index in [1.807, 2.05) is 30.3 Å². The summed E-state index contributed by atoms with van der Waals surface area (Å²) in [5.74, 6) is 0.799. The smallest absolute Gasteiger partial charge is 0.227 e. The quantitative estimate of drug-likeness (QED) is 0.474. The van der Waals surface area contributed by atoms with Crippen molar-refractivity contribution in [1.29, 1.82) is 0 Å². The van der Waals surface area contributed by atoms with Crippen molar-refractivity contribution in [1.82, 2.24) is 0 Å². The molecule has 0 unspecified atom stereocenters. The first kappa shape index (κ1) is 18.7. The molecule has 0 saturated carbocycles. The van der Waals surface area contributed by atoms with Crippen LogP contribution in [-0.2, 0) is 21.8 Å². The molecule has 2 aromatic rings. The Kier molecular flexibility index (Phi) is 6.49. The summed E-state index contributed by atoms with van der Waals surface area (Å²) in [6, 6.07) is 12.6. The molecule has 1 atom stereocenters. The highest BCUT2D eigenvalue weighted by Crippen LogP contribution is 2.37. The molecule has 7 heteroatoms. The third-order valence-corrected chi connectivity index (χ3v) is 4.71. The molecule has 0 amide bonds. The molecule has 0 fully saturated rings. The summed E-state index contributed by atoms with van der Waals surface area (Å²) in [6.07, 6.45) is -0.509. The summed E-state index contributed by atoms with van der Waals surface area (Å²) in [6.45, 7) is 1.30. The van der Waals surface area contributed by atoms with Crippen molar-refractivity contribution >= 4 is 16.9 Å². The number of halogens is 1. The van der Waals surface area contributed by atoms with E-state index >= 15 is 0 Å². The van der Waals surface area contributed by atoms with E-state index in [-0.39, 0.29) is 5.82 Å². The Morgan fingerprint density at radius 1 is 1.35 bits per heavy atom. The summed E-state index contributed by atoms with van der Waals surface area (Å²) in [7, 11) is 1.61. The van der Waals surface area contributed by atoms with E-state index in [0.717, 1.165) is 11.1 Å². The van der Waals surface area contributed by atoms with Gasteiger partial charge in [-0.25, -0.2) is 4.39 Å². The van der Waals surface area contributed by atoms with Gasteiger partial charge in [-0.05, 0) is 12.1 Å². The molecular weight excluding hydrogens is 355 g/mol. The Morgan fingerprint density at radius 2 is 2.15 bits per heavy atom. The van der Waals surface area contributed by atoms with Gasteiger partial charge in [0.15, 0.2) is 5.17 Å². The third kappa shape index (κ3) is 4.75. The van der Waals surface area contributed by atoms with Crippen LogP contribution in [0.15, 0.2) is 47.5 Å². The second-order valence-electron chi connectivity index (χ2n) is 5.73. The summed E-state index contributed by atoms with van der Waals surface area (Å²) in [5.41, 5.74) is 8.24. The molecule has 0 saturated heterocycles. The average molecular weight is 376 g/mol. The van der Waals surface area contributed by atoms with Gasteiger partial charge in [-0.15, -0.1) is 0 Å². The van der Waals surface area contributed by atoms with E-state index in [4.69, 9.17) is 19.9 Å². The predicted octanol–water partition coefficient (Wildman–Crippen LogP) is 3.63. The van der Waals surface area contributed by atoms with Gasteiger partial charge in [0.1, 0.15) is 11.6 Å². The Bertz CT molecular complexity index is 771. The number of fused-ring (bicyclic) bond motifs is 1. The highest BCUT2D eigenvalue weighted by Gasteiger charge is 2.25. The Labute approximate surface area is 156 Å². The number of amidine groups is 1. The van der Waals surface area contributed by atoms with E-state index in [1.54, 1.807) is 7.11 Å². The molecule has 1 aliphatic rings. The number of ether oxygens (including phenoxy) is 3. The van der Waals surface area contributed by atoms with Gasteiger partial charge in [-0.1, -0.05) is 42.1 Å². The third-order valence-electron chi connectivity index (χ3n) is 3.83. The molecule has 0 radical (unpaired) electrons. The van der Waals surface area contributed by atoms with Gasteiger partial charge < -0.3 is 19.9 Å². The van der Waals surface area contributed by atoms with Crippen LogP contribution in [0.4, 0.5) is 4.39 Å². The first-order chi connectivity index (χ1) is 12.7. The first-order valence-corrected chi connectivity index (χ1v) is 9.22. The molecule has 138 valence electrons. The Morgan fingerprint density at radius 3 is 2.92 bits per heavy atom. The number of methoxy groups -OCH3 is 1. The van der Waals surface area contributed by atoms with Crippen molar-refractivity contribution in [2.75, 3.05) is 20.3 Å². The first-order valence-electron chi connectivity index (χ1n) is 8.23. The maximum absolute atomic E-state index is 13.9.